The van der Waals surface area contributed by atoms with Gasteiger partial charge in [0.25, 0.3) is 0 Å². The summed E-state index contributed by atoms with van der Waals surface area (Å²) in [5.74, 6) is 1.63. The number of nitrogens with one attached hydrogen (secondary N) is 1. The number of rotatable bonds is 2. The molecule has 1 aromatic heterocycles. The monoisotopic (exact) mass is 223 g/mol. The van der Waals surface area contributed by atoms with Gasteiger partial charge in [-0.25, -0.2) is 0 Å². The normalized spacial score (nSPS) is 31.8. The minimum atomic E-state index is 0.727. The summed E-state index contributed by atoms with van der Waals surface area (Å²) in [4.78, 5) is 1.52. The van der Waals surface area contributed by atoms with Gasteiger partial charge in [-0.3, -0.25) is 0 Å². The van der Waals surface area contributed by atoms with Crippen molar-refractivity contribution in [3.63, 3.8) is 0 Å². The van der Waals surface area contributed by atoms with E-state index in [1.807, 2.05) is 11.3 Å². The summed E-state index contributed by atoms with van der Waals surface area (Å²) in [6.45, 7) is 4.67. The molecule has 3 atom stereocenters. The fraction of sp³-hybridized carbons (Fsp3) is 0.692. The van der Waals surface area contributed by atoms with Crippen LogP contribution in [-0.4, -0.2) is 13.1 Å². The van der Waals surface area contributed by atoms with Crippen LogP contribution in [-0.2, 0) is 0 Å². The first kappa shape index (κ1) is 11.2. The number of aryl methyl sites for hydroxylation is 1. The summed E-state index contributed by atoms with van der Waals surface area (Å²) in [6, 6.07) is 3.06. The van der Waals surface area contributed by atoms with Crippen LogP contribution in [0.1, 0.15) is 42.5 Å². The van der Waals surface area contributed by atoms with Crippen LogP contribution in [0.5, 0.6) is 0 Å². The summed E-state index contributed by atoms with van der Waals surface area (Å²) in [5, 5.41) is 5.68. The van der Waals surface area contributed by atoms with E-state index in [-0.39, 0.29) is 0 Å². The largest absolute Gasteiger partial charge is 0.317 e. The van der Waals surface area contributed by atoms with Crippen LogP contribution in [0.15, 0.2) is 11.4 Å². The summed E-state index contributed by atoms with van der Waals surface area (Å²) in [7, 11) is 2.10. The highest BCUT2D eigenvalue weighted by atomic mass is 32.1. The third-order valence-electron chi connectivity index (χ3n) is 3.90. The van der Waals surface area contributed by atoms with E-state index >= 15 is 0 Å². The molecule has 1 fully saturated rings. The van der Waals surface area contributed by atoms with Crippen LogP contribution in [0.25, 0.3) is 0 Å². The topological polar surface area (TPSA) is 12.0 Å². The quantitative estimate of drug-likeness (QED) is 0.808. The Kier molecular flexibility index (Phi) is 3.47. The zero-order valence-corrected chi connectivity index (χ0v) is 10.7. The molecule has 1 heterocycles. The lowest BCUT2D eigenvalue weighted by Crippen LogP contribution is -2.33. The first-order valence-corrected chi connectivity index (χ1v) is 6.81. The fourth-order valence-electron chi connectivity index (χ4n) is 2.80. The molecule has 0 bridgehead atoms. The van der Waals surface area contributed by atoms with Crippen LogP contribution in [0, 0.1) is 12.8 Å². The third kappa shape index (κ3) is 2.26. The van der Waals surface area contributed by atoms with Gasteiger partial charge < -0.3 is 5.32 Å². The minimum Gasteiger partial charge on any atom is -0.317 e. The van der Waals surface area contributed by atoms with Gasteiger partial charge in [0, 0.05) is 10.9 Å². The smallest absolute Gasteiger partial charge is 0.00700 e. The van der Waals surface area contributed by atoms with Crippen LogP contribution < -0.4 is 5.32 Å². The standard InChI is InChI=1S/C13H21NS/c1-9-4-5-11(14-3)8-13(9)12-6-7-15-10(12)2/h6-7,9,11,13-14H,4-5,8H2,1-3H3. The summed E-state index contributed by atoms with van der Waals surface area (Å²) in [5.41, 5.74) is 1.60. The van der Waals surface area contributed by atoms with Crippen molar-refractivity contribution >= 4 is 11.3 Å². The van der Waals surface area contributed by atoms with E-state index in [1.54, 1.807) is 5.56 Å². The number of hydrogen-bond acceptors (Lipinski definition) is 2. The van der Waals surface area contributed by atoms with Crippen molar-refractivity contribution in [3.05, 3.63) is 21.9 Å². The first-order valence-electron chi connectivity index (χ1n) is 5.93. The average Bonchev–Trinajstić information content (AvgIpc) is 2.65. The lowest BCUT2D eigenvalue weighted by molar-refractivity contribution is 0.277. The van der Waals surface area contributed by atoms with Gasteiger partial charge in [-0.1, -0.05) is 6.92 Å². The highest BCUT2D eigenvalue weighted by Gasteiger charge is 2.29. The van der Waals surface area contributed by atoms with Crippen molar-refractivity contribution in [2.24, 2.45) is 5.92 Å². The molecule has 0 saturated heterocycles. The molecular formula is C13H21NS. The Morgan fingerprint density at radius 2 is 2.20 bits per heavy atom. The van der Waals surface area contributed by atoms with Gasteiger partial charge in [0.1, 0.15) is 0 Å². The minimum absolute atomic E-state index is 0.727. The van der Waals surface area contributed by atoms with Gasteiger partial charge in [-0.05, 0) is 62.1 Å². The number of hydrogen-bond donors (Lipinski definition) is 1. The number of thiophene rings is 1. The maximum Gasteiger partial charge on any atom is 0.00700 e. The Balaban J connectivity index is 2.16. The Morgan fingerprint density at radius 3 is 2.80 bits per heavy atom. The van der Waals surface area contributed by atoms with Gasteiger partial charge in [0.2, 0.25) is 0 Å². The van der Waals surface area contributed by atoms with Gasteiger partial charge in [-0.15, -0.1) is 11.3 Å². The van der Waals surface area contributed by atoms with E-state index in [1.165, 1.54) is 24.1 Å². The molecule has 1 aromatic rings. The Morgan fingerprint density at radius 1 is 1.40 bits per heavy atom. The van der Waals surface area contributed by atoms with Gasteiger partial charge in [0.15, 0.2) is 0 Å². The zero-order chi connectivity index (χ0) is 10.8. The SMILES string of the molecule is CNC1CCC(C)C(c2ccsc2C)C1. The van der Waals surface area contributed by atoms with Gasteiger partial charge in [0.05, 0.1) is 0 Å². The molecule has 0 radical (unpaired) electrons. The van der Waals surface area contributed by atoms with Crippen molar-refractivity contribution in [2.45, 2.75) is 45.1 Å². The van der Waals surface area contributed by atoms with Crippen LogP contribution in [0.2, 0.25) is 0 Å². The second-order valence-electron chi connectivity index (χ2n) is 4.81. The molecule has 1 aliphatic rings. The predicted molar refractivity (Wildman–Crippen MR) is 67.7 cm³/mol. The van der Waals surface area contributed by atoms with Crippen molar-refractivity contribution in [2.75, 3.05) is 7.05 Å². The maximum absolute atomic E-state index is 3.44. The highest BCUT2D eigenvalue weighted by Crippen LogP contribution is 2.40. The fourth-order valence-corrected chi connectivity index (χ4v) is 3.57. The molecule has 0 spiro atoms. The molecule has 2 rings (SSSR count). The van der Waals surface area contributed by atoms with Crippen molar-refractivity contribution in [1.29, 1.82) is 0 Å². The second kappa shape index (κ2) is 4.67. The molecular weight excluding hydrogens is 202 g/mol. The molecule has 1 N–H and O–H groups in total. The van der Waals surface area contributed by atoms with E-state index in [0.717, 1.165) is 17.9 Å². The molecule has 1 nitrogen and oxygen atoms in total. The van der Waals surface area contributed by atoms with Crippen LogP contribution >= 0.6 is 11.3 Å². The molecule has 1 saturated carbocycles. The van der Waals surface area contributed by atoms with E-state index in [4.69, 9.17) is 0 Å². The van der Waals surface area contributed by atoms with E-state index < -0.39 is 0 Å². The molecule has 1 aliphatic carbocycles. The Labute approximate surface area is 96.9 Å². The van der Waals surface area contributed by atoms with E-state index in [9.17, 15) is 0 Å². The van der Waals surface area contributed by atoms with Gasteiger partial charge >= 0.3 is 0 Å². The predicted octanol–water partition coefficient (Wildman–Crippen LogP) is 3.55. The third-order valence-corrected chi connectivity index (χ3v) is 4.76. The van der Waals surface area contributed by atoms with Crippen molar-refractivity contribution in [3.8, 4) is 0 Å². The first-order chi connectivity index (χ1) is 7.22. The molecule has 3 unspecified atom stereocenters. The molecule has 0 amide bonds. The Bertz CT molecular complexity index is 318. The molecule has 0 aliphatic heterocycles. The highest BCUT2D eigenvalue weighted by molar-refractivity contribution is 7.10. The van der Waals surface area contributed by atoms with E-state index in [0.29, 0.717) is 0 Å². The lowest BCUT2D eigenvalue weighted by Gasteiger charge is -2.34. The molecule has 2 heteroatoms. The molecule has 15 heavy (non-hydrogen) atoms. The summed E-state index contributed by atoms with van der Waals surface area (Å²) in [6.07, 6.45) is 4.03. The summed E-state index contributed by atoms with van der Waals surface area (Å²) < 4.78 is 0. The van der Waals surface area contributed by atoms with Gasteiger partial charge in [-0.2, -0.15) is 0 Å². The van der Waals surface area contributed by atoms with Crippen molar-refractivity contribution < 1.29 is 0 Å². The molecule has 84 valence electrons. The van der Waals surface area contributed by atoms with Crippen LogP contribution in [0.4, 0.5) is 0 Å². The van der Waals surface area contributed by atoms with Crippen LogP contribution in [0.3, 0.4) is 0 Å². The molecule has 0 aromatic carbocycles. The average molecular weight is 223 g/mol. The summed E-state index contributed by atoms with van der Waals surface area (Å²) >= 11 is 1.89. The maximum atomic E-state index is 3.44. The zero-order valence-electron chi connectivity index (χ0n) is 9.92. The lowest BCUT2D eigenvalue weighted by atomic mass is 9.74. The second-order valence-corrected chi connectivity index (χ2v) is 5.93. The van der Waals surface area contributed by atoms with Crippen molar-refractivity contribution in [1.82, 2.24) is 5.32 Å². The van der Waals surface area contributed by atoms with E-state index in [2.05, 4.69) is 37.7 Å². The Hall–Kier alpha value is -0.340.